The Labute approximate surface area is 117 Å². The van der Waals surface area contributed by atoms with Gasteiger partial charge in [0.1, 0.15) is 0 Å². The molecule has 4 heteroatoms. The normalized spacial score (nSPS) is 24.7. The predicted molar refractivity (Wildman–Crippen MR) is 78.1 cm³/mol. The first-order valence-corrected chi connectivity index (χ1v) is 7.67. The second kappa shape index (κ2) is 6.23. The van der Waals surface area contributed by atoms with Crippen molar-refractivity contribution in [3.05, 3.63) is 0 Å². The summed E-state index contributed by atoms with van der Waals surface area (Å²) in [4.78, 5) is 16.5. The van der Waals surface area contributed by atoms with Gasteiger partial charge in [-0.15, -0.1) is 0 Å². The summed E-state index contributed by atoms with van der Waals surface area (Å²) in [6.45, 7) is 8.91. The van der Waals surface area contributed by atoms with Crippen molar-refractivity contribution in [3.8, 4) is 0 Å². The number of nitrogens with one attached hydrogen (secondary N) is 1. The molecule has 0 bridgehead atoms. The van der Waals surface area contributed by atoms with Crippen molar-refractivity contribution in [1.82, 2.24) is 15.1 Å². The number of hydrogen-bond donors (Lipinski definition) is 1. The lowest BCUT2D eigenvalue weighted by Gasteiger charge is -2.39. The van der Waals surface area contributed by atoms with E-state index in [1.165, 1.54) is 25.7 Å². The van der Waals surface area contributed by atoms with Crippen molar-refractivity contribution >= 4 is 5.91 Å². The topological polar surface area (TPSA) is 35.6 Å². The van der Waals surface area contributed by atoms with Crippen LogP contribution in [0.15, 0.2) is 0 Å². The molecule has 0 atom stereocenters. The van der Waals surface area contributed by atoms with Gasteiger partial charge in [0.05, 0.1) is 6.54 Å². The maximum atomic E-state index is 12.2. The molecule has 2 fully saturated rings. The molecule has 1 saturated heterocycles. The number of nitrogens with zero attached hydrogens (tertiary/aromatic N) is 2. The molecule has 0 radical (unpaired) electrons. The van der Waals surface area contributed by atoms with Crippen LogP contribution in [-0.2, 0) is 4.79 Å². The van der Waals surface area contributed by atoms with Crippen LogP contribution in [0.25, 0.3) is 0 Å². The molecule has 0 unspecified atom stereocenters. The average molecular weight is 267 g/mol. The van der Waals surface area contributed by atoms with E-state index in [1.807, 2.05) is 4.90 Å². The molecular weight excluding hydrogens is 238 g/mol. The zero-order valence-corrected chi connectivity index (χ0v) is 12.7. The molecule has 110 valence electrons. The van der Waals surface area contributed by atoms with E-state index in [4.69, 9.17) is 0 Å². The molecule has 0 aromatic carbocycles. The molecule has 1 saturated carbocycles. The zero-order chi connectivity index (χ0) is 13.9. The molecule has 1 heterocycles. The number of carbonyl (C=O) groups is 1. The average Bonchev–Trinajstić information content (AvgIpc) is 2.39. The fourth-order valence-corrected chi connectivity index (χ4v) is 3.18. The molecule has 4 nitrogen and oxygen atoms in total. The van der Waals surface area contributed by atoms with Crippen molar-refractivity contribution < 1.29 is 4.79 Å². The third-order valence-corrected chi connectivity index (χ3v) is 4.79. The van der Waals surface area contributed by atoms with Crippen LogP contribution in [0.2, 0.25) is 0 Å². The van der Waals surface area contributed by atoms with Crippen LogP contribution in [0.1, 0.15) is 39.5 Å². The second-order valence-corrected chi connectivity index (χ2v) is 6.94. The maximum absolute atomic E-state index is 12.2. The third-order valence-electron chi connectivity index (χ3n) is 4.79. The van der Waals surface area contributed by atoms with Crippen LogP contribution in [0.3, 0.4) is 0 Å². The van der Waals surface area contributed by atoms with Gasteiger partial charge in [0.25, 0.3) is 0 Å². The highest BCUT2D eigenvalue weighted by molar-refractivity contribution is 5.78. The predicted octanol–water partition coefficient (Wildman–Crippen LogP) is 1.32. The van der Waals surface area contributed by atoms with Crippen molar-refractivity contribution in [1.29, 1.82) is 0 Å². The van der Waals surface area contributed by atoms with E-state index in [-0.39, 0.29) is 0 Å². The standard InChI is InChI=1S/C15H29N3O/c1-15(2)6-4-13(5-7-15)17(3)12-14(19)18-10-8-16-9-11-18/h13,16H,4-12H2,1-3H3. The van der Waals surface area contributed by atoms with Gasteiger partial charge in [0.2, 0.25) is 5.91 Å². The Balaban J connectivity index is 1.77. The van der Waals surface area contributed by atoms with E-state index in [1.54, 1.807) is 0 Å². The SMILES string of the molecule is CN(CC(=O)N1CCNCC1)C1CCC(C)(C)CC1. The van der Waals surface area contributed by atoms with Crippen LogP contribution in [0, 0.1) is 5.41 Å². The van der Waals surface area contributed by atoms with E-state index in [0.717, 1.165) is 26.2 Å². The van der Waals surface area contributed by atoms with Gasteiger partial charge in [0, 0.05) is 32.2 Å². The van der Waals surface area contributed by atoms with Gasteiger partial charge in [-0.25, -0.2) is 0 Å². The van der Waals surface area contributed by atoms with Crippen LogP contribution in [-0.4, -0.2) is 61.5 Å². The Morgan fingerprint density at radius 1 is 1.26 bits per heavy atom. The summed E-state index contributed by atoms with van der Waals surface area (Å²) in [7, 11) is 2.11. The number of piperazine rings is 1. The van der Waals surface area contributed by atoms with E-state index in [0.29, 0.717) is 23.9 Å². The highest BCUT2D eigenvalue weighted by Crippen LogP contribution is 2.36. The van der Waals surface area contributed by atoms with Crippen LogP contribution < -0.4 is 5.32 Å². The molecule has 0 aromatic heterocycles. The molecule has 1 amide bonds. The number of carbonyl (C=O) groups excluding carboxylic acids is 1. The minimum absolute atomic E-state index is 0.300. The minimum atomic E-state index is 0.300. The van der Waals surface area contributed by atoms with E-state index in [9.17, 15) is 4.79 Å². The van der Waals surface area contributed by atoms with Crippen molar-refractivity contribution in [3.63, 3.8) is 0 Å². The Morgan fingerprint density at radius 3 is 2.42 bits per heavy atom. The summed E-state index contributed by atoms with van der Waals surface area (Å²) < 4.78 is 0. The van der Waals surface area contributed by atoms with Crippen LogP contribution >= 0.6 is 0 Å². The summed E-state index contributed by atoms with van der Waals surface area (Å²) in [5, 5.41) is 3.29. The van der Waals surface area contributed by atoms with Crippen molar-refractivity contribution in [2.45, 2.75) is 45.6 Å². The molecule has 19 heavy (non-hydrogen) atoms. The first-order chi connectivity index (χ1) is 8.98. The summed E-state index contributed by atoms with van der Waals surface area (Å²) in [5.74, 6) is 0.300. The van der Waals surface area contributed by atoms with Crippen molar-refractivity contribution in [2.24, 2.45) is 5.41 Å². The van der Waals surface area contributed by atoms with Gasteiger partial charge in [-0.2, -0.15) is 0 Å². The van der Waals surface area contributed by atoms with Gasteiger partial charge < -0.3 is 10.2 Å². The van der Waals surface area contributed by atoms with Crippen molar-refractivity contribution in [2.75, 3.05) is 39.8 Å². The van der Waals surface area contributed by atoms with Gasteiger partial charge in [-0.3, -0.25) is 9.69 Å². The molecule has 1 N–H and O–H groups in total. The maximum Gasteiger partial charge on any atom is 0.236 e. The number of hydrogen-bond acceptors (Lipinski definition) is 3. The Bertz CT molecular complexity index is 301. The first kappa shape index (κ1) is 14.8. The highest BCUT2D eigenvalue weighted by Gasteiger charge is 2.30. The molecular formula is C15H29N3O. The highest BCUT2D eigenvalue weighted by atomic mass is 16.2. The van der Waals surface area contributed by atoms with Gasteiger partial charge >= 0.3 is 0 Å². The molecule has 1 aliphatic carbocycles. The van der Waals surface area contributed by atoms with Crippen LogP contribution in [0.5, 0.6) is 0 Å². The smallest absolute Gasteiger partial charge is 0.236 e. The van der Waals surface area contributed by atoms with Gasteiger partial charge in [-0.1, -0.05) is 13.8 Å². The fraction of sp³-hybridized carbons (Fsp3) is 0.933. The molecule has 0 aromatic rings. The lowest BCUT2D eigenvalue weighted by atomic mass is 9.75. The van der Waals surface area contributed by atoms with E-state index in [2.05, 4.69) is 31.1 Å². The number of likely N-dealkylation sites (N-methyl/N-ethyl adjacent to an activating group) is 1. The summed E-state index contributed by atoms with van der Waals surface area (Å²) in [6, 6.07) is 0.597. The molecule has 2 rings (SSSR count). The second-order valence-electron chi connectivity index (χ2n) is 6.94. The molecule has 2 aliphatic rings. The summed E-state index contributed by atoms with van der Waals surface area (Å²) in [5.41, 5.74) is 0.500. The lowest BCUT2D eigenvalue weighted by Crippen LogP contribution is -2.50. The molecule has 0 spiro atoms. The number of rotatable bonds is 3. The quantitative estimate of drug-likeness (QED) is 0.838. The zero-order valence-electron chi connectivity index (χ0n) is 12.7. The van der Waals surface area contributed by atoms with Gasteiger partial charge in [0.15, 0.2) is 0 Å². The Kier molecular flexibility index (Phi) is 4.85. The molecule has 1 aliphatic heterocycles. The number of amides is 1. The Hall–Kier alpha value is -0.610. The largest absolute Gasteiger partial charge is 0.339 e. The van der Waals surface area contributed by atoms with E-state index < -0.39 is 0 Å². The lowest BCUT2D eigenvalue weighted by molar-refractivity contribution is -0.133. The minimum Gasteiger partial charge on any atom is -0.339 e. The van der Waals surface area contributed by atoms with Crippen LogP contribution in [0.4, 0.5) is 0 Å². The fourth-order valence-electron chi connectivity index (χ4n) is 3.18. The van der Waals surface area contributed by atoms with E-state index >= 15 is 0 Å². The Morgan fingerprint density at radius 2 is 1.84 bits per heavy atom. The summed E-state index contributed by atoms with van der Waals surface area (Å²) >= 11 is 0. The summed E-state index contributed by atoms with van der Waals surface area (Å²) in [6.07, 6.45) is 5.03. The van der Waals surface area contributed by atoms with Gasteiger partial charge in [-0.05, 0) is 38.1 Å². The monoisotopic (exact) mass is 267 g/mol. The first-order valence-electron chi connectivity index (χ1n) is 7.67. The third kappa shape index (κ3) is 4.18.